The van der Waals surface area contributed by atoms with Crippen LogP contribution in [0.15, 0.2) is 29.4 Å². The second-order valence-corrected chi connectivity index (χ2v) is 4.25. The predicted octanol–water partition coefficient (Wildman–Crippen LogP) is 2.30. The second-order valence-electron chi connectivity index (χ2n) is 4.25. The van der Waals surface area contributed by atoms with Gasteiger partial charge >= 0.3 is 0 Å². The molecule has 0 aromatic heterocycles. The summed E-state index contributed by atoms with van der Waals surface area (Å²) in [5.41, 5.74) is 1.49. The molecule has 1 aromatic carbocycles. The molecule has 0 spiro atoms. The predicted molar refractivity (Wildman–Crippen MR) is 64.9 cm³/mol. The van der Waals surface area contributed by atoms with E-state index in [0.29, 0.717) is 18.2 Å². The Morgan fingerprint density at radius 2 is 2.24 bits per heavy atom. The fourth-order valence-corrected chi connectivity index (χ4v) is 1.78. The Labute approximate surface area is 101 Å². The first-order chi connectivity index (χ1) is 8.29. The maximum absolute atomic E-state index is 8.65. The Kier molecular flexibility index (Phi) is 3.98. The van der Waals surface area contributed by atoms with E-state index >= 15 is 0 Å². The Morgan fingerprint density at radius 3 is 2.82 bits per heavy atom. The molecular weight excluding hydrogens is 218 g/mol. The van der Waals surface area contributed by atoms with Gasteiger partial charge in [-0.1, -0.05) is 5.16 Å². The molecule has 4 heteroatoms. The van der Waals surface area contributed by atoms with E-state index in [0.717, 1.165) is 30.9 Å². The summed E-state index contributed by atoms with van der Waals surface area (Å²) in [6.07, 6.45) is 1.08. The van der Waals surface area contributed by atoms with Crippen LogP contribution >= 0.6 is 0 Å². The van der Waals surface area contributed by atoms with Gasteiger partial charge in [-0.25, -0.2) is 0 Å². The van der Waals surface area contributed by atoms with Crippen molar-refractivity contribution in [1.29, 1.82) is 0 Å². The van der Waals surface area contributed by atoms with Crippen LogP contribution in [0.2, 0.25) is 0 Å². The van der Waals surface area contributed by atoms with E-state index in [4.69, 9.17) is 14.7 Å². The summed E-state index contributed by atoms with van der Waals surface area (Å²) in [7, 11) is 0. The third kappa shape index (κ3) is 3.20. The molecule has 92 valence electrons. The topological polar surface area (TPSA) is 51.1 Å². The molecule has 1 saturated heterocycles. The van der Waals surface area contributed by atoms with E-state index in [1.807, 2.05) is 24.3 Å². The van der Waals surface area contributed by atoms with Crippen LogP contribution in [0, 0.1) is 5.92 Å². The molecule has 0 saturated carbocycles. The average Bonchev–Trinajstić information content (AvgIpc) is 2.89. The van der Waals surface area contributed by atoms with E-state index in [9.17, 15) is 0 Å². The fraction of sp³-hybridized carbons (Fsp3) is 0.462. The van der Waals surface area contributed by atoms with Gasteiger partial charge in [0.05, 0.1) is 18.9 Å². The first-order valence-corrected chi connectivity index (χ1v) is 5.79. The molecule has 0 bridgehead atoms. The molecule has 1 atom stereocenters. The Balaban J connectivity index is 1.89. The minimum absolute atomic E-state index is 0.510. The van der Waals surface area contributed by atoms with Crippen LogP contribution in [-0.2, 0) is 4.74 Å². The Morgan fingerprint density at radius 1 is 1.47 bits per heavy atom. The zero-order valence-corrected chi connectivity index (χ0v) is 9.93. The van der Waals surface area contributed by atoms with E-state index in [2.05, 4.69) is 5.16 Å². The maximum atomic E-state index is 8.65. The van der Waals surface area contributed by atoms with Gasteiger partial charge in [-0.15, -0.1) is 0 Å². The van der Waals surface area contributed by atoms with Crippen LogP contribution in [-0.4, -0.2) is 30.7 Å². The summed E-state index contributed by atoms with van der Waals surface area (Å²) in [6.45, 7) is 4.10. The normalized spacial score (nSPS) is 20.5. The van der Waals surface area contributed by atoms with Gasteiger partial charge in [0.2, 0.25) is 0 Å². The first kappa shape index (κ1) is 11.9. The Hall–Kier alpha value is -1.55. The summed E-state index contributed by atoms with van der Waals surface area (Å²) in [6, 6.07) is 7.55. The molecule has 1 N–H and O–H groups in total. The third-order valence-electron chi connectivity index (χ3n) is 2.93. The van der Waals surface area contributed by atoms with Gasteiger partial charge in [0.15, 0.2) is 0 Å². The standard InChI is InChI=1S/C13H17NO3/c1-10(14-15)12-2-4-13(5-3-12)17-9-11-6-7-16-8-11/h2-5,11,15H,6-9H2,1H3. The summed E-state index contributed by atoms with van der Waals surface area (Å²) < 4.78 is 11.0. The number of hydrogen-bond acceptors (Lipinski definition) is 4. The molecule has 1 aromatic rings. The van der Waals surface area contributed by atoms with Crippen LogP contribution in [0.1, 0.15) is 18.9 Å². The highest BCUT2D eigenvalue weighted by atomic mass is 16.5. The number of rotatable bonds is 4. The third-order valence-corrected chi connectivity index (χ3v) is 2.93. The highest BCUT2D eigenvalue weighted by Gasteiger charge is 2.16. The monoisotopic (exact) mass is 235 g/mol. The lowest BCUT2D eigenvalue weighted by atomic mass is 10.1. The zero-order chi connectivity index (χ0) is 12.1. The van der Waals surface area contributed by atoms with Crippen molar-refractivity contribution < 1.29 is 14.7 Å². The van der Waals surface area contributed by atoms with Crippen molar-refractivity contribution in [3.63, 3.8) is 0 Å². The number of nitrogens with zero attached hydrogens (tertiary/aromatic N) is 1. The van der Waals surface area contributed by atoms with E-state index in [1.54, 1.807) is 6.92 Å². The number of hydrogen-bond donors (Lipinski definition) is 1. The van der Waals surface area contributed by atoms with Gasteiger partial charge in [0.1, 0.15) is 5.75 Å². The zero-order valence-electron chi connectivity index (χ0n) is 9.93. The number of benzene rings is 1. The van der Waals surface area contributed by atoms with Gasteiger partial charge in [-0.3, -0.25) is 0 Å². The highest BCUT2D eigenvalue weighted by Crippen LogP contribution is 2.17. The van der Waals surface area contributed by atoms with Crippen molar-refractivity contribution >= 4 is 5.71 Å². The SMILES string of the molecule is CC(=NO)c1ccc(OCC2CCOC2)cc1. The smallest absolute Gasteiger partial charge is 0.119 e. The molecule has 1 heterocycles. The molecule has 0 radical (unpaired) electrons. The van der Waals surface area contributed by atoms with E-state index in [1.165, 1.54) is 0 Å². The van der Waals surface area contributed by atoms with Crippen molar-refractivity contribution in [1.82, 2.24) is 0 Å². The maximum Gasteiger partial charge on any atom is 0.119 e. The van der Waals surface area contributed by atoms with Gasteiger partial charge in [0.25, 0.3) is 0 Å². The molecular formula is C13H17NO3. The molecule has 4 nitrogen and oxygen atoms in total. The molecule has 1 aliphatic rings. The average molecular weight is 235 g/mol. The molecule has 17 heavy (non-hydrogen) atoms. The summed E-state index contributed by atoms with van der Waals surface area (Å²) in [5.74, 6) is 1.35. The van der Waals surface area contributed by atoms with Crippen LogP contribution in [0.25, 0.3) is 0 Å². The molecule has 2 rings (SSSR count). The lowest BCUT2D eigenvalue weighted by Crippen LogP contribution is -2.11. The summed E-state index contributed by atoms with van der Waals surface area (Å²) >= 11 is 0. The van der Waals surface area contributed by atoms with E-state index < -0.39 is 0 Å². The summed E-state index contributed by atoms with van der Waals surface area (Å²) in [5, 5.41) is 11.8. The lowest BCUT2D eigenvalue weighted by Gasteiger charge is -2.10. The van der Waals surface area contributed by atoms with Gasteiger partial charge in [0, 0.05) is 12.5 Å². The van der Waals surface area contributed by atoms with Gasteiger partial charge < -0.3 is 14.7 Å². The highest BCUT2D eigenvalue weighted by molar-refractivity contribution is 5.98. The Bertz CT molecular complexity index is 380. The number of ether oxygens (including phenoxy) is 2. The van der Waals surface area contributed by atoms with Crippen molar-refractivity contribution in [3.05, 3.63) is 29.8 Å². The van der Waals surface area contributed by atoms with Crippen LogP contribution in [0.3, 0.4) is 0 Å². The minimum atomic E-state index is 0.510. The lowest BCUT2D eigenvalue weighted by molar-refractivity contribution is 0.167. The molecule has 1 aliphatic heterocycles. The van der Waals surface area contributed by atoms with Crippen molar-refractivity contribution in [3.8, 4) is 5.75 Å². The number of oxime groups is 1. The second kappa shape index (κ2) is 5.68. The molecule has 1 unspecified atom stereocenters. The fourth-order valence-electron chi connectivity index (χ4n) is 1.78. The molecule has 0 amide bonds. The van der Waals surface area contributed by atoms with Gasteiger partial charge in [-0.05, 0) is 43.2 Å². The minimum Gasteiger partial charge on any atom is -0.493 e. The van der Waals surface area contributed by atoms with Gasteiger partial charge in [-0.2, -0.15) is 0 Å². The molecule has 0 aliphatic carbocycles. The first-order valence-electron chi connectivity index (χ1n) is 5.79. The molecule has 1 fully saturated rings. The van der Waals surface area contributed by atoms with Crippen LogP contribution in [0.4, 0.5) is 0 Å². The van der Waals surface area contributed by atoms with Crippen molar-refractivity contribution in [2.75, 3.05) is 19.8 Å². The van der Waals surface area contributed by atoms with Crippen molar-refractivity contribution in [2.24, 2.45) is 11.1 Å². The van der Waals surface area contributed by atoms with Crippen LogP contribution < -0.4 is 4.74 Å². The van der Waals surface area contributed by atoms with Crippen molar-refractivity contribution in [2.45, 2.75) is 13.3 Å². The van der Waals surface area contributed by atoms with Crippen LogP contribution in [0.5, 0.6) is 5.75 Å². The summed E-state index contributed by atoms with van der Waals surface area (Å²) in [4.78, 5) is 0. The largest absolute Gasteiger partial charge is 0.493 e. The van der Waals surface area contributed by atoms with E-state index in [-0.39, 0.29) is 0 Å². The quantitative estimate of drug-likeness (QED) is 0.495.